The zero-order valence-electron chi connectivity index (χ0n) is 18.0. The van der Waals surface area contributed by atoms with Gasteiger partial charge in [0, 0.05) is 17.7 Å². The number of Topliss-reactive ketones (excluding diaryl/α,β-unsaturated/α-hetero) is 1. The fraction of sp³-hybridized carbons (Fsp3) is 0.240. The lowest BCUT2D eigenvalue weighted by Gasteiger charge is -2.33. The second kappa shape index (κ2) is 7.67. The van der Waals surface area contributed by atoms with E-state index in [-0.39, 0.29) is 10.7 Å². The molecule has 0 radical (unpaired) electrons. The lowest BCUT2D eigenvalue weighted by atomic mass is 9.89. The summed E-state index contributed by atoms with van der Waals surface area (Å²) in [5.74, 6) is 0.356. The average Bonchev–Trinajstić information content (AvgIpc) is 3.24. The van der Waals surface area contributed by atoms with Crippen LogP contribution in [0.25, 0.3) is 0 Å². The first-order valence-corrected chi connectivity index (χ1v) is 12.1. The number of hydrogen-bond donors (Lipinski definition) is 1. The largest absolute Gasteiger partial charge is 0.467 e. The van der Waals surface area contributed by atoms with Crippen molar-refractivity contribution in [3.63, 3.8) is 0 Å². The quantitative estimate of drug-likeness (QED) is 0.591. The minimum atomic E-state index is -4.05. The van der Waals surface area contributed by atoms with Crippen molar-refractivity contribution >= 4 is 27.2 Å². The molecule has 1 aliphatic carbocycles. The Morgan fingerprint density at radius 2 is 1.84 bits per heavy atom. The number of para-hydroxylation sites is 2. The number of rotatable bonds is 3. The molecule has 6 nitrogen and oxygen atoms in total. The van der Waals surface area contributed by atoms with Crippen LogP contribution in [0, 0.1) is 13.8 Å². The Kier molecular flexibility index (Phi) is 4.93. The summed E-state index contributed by atoms with van der Waals surface area (Å²) in [5, 5.41) is 3.37. The van der Waals surface area contributed by atoms with Gasteiger partial charge in [-0.1, -0.05) is 24.3 Å². The lowest BCUT2D eigenvalue weighted by Crippen LogP contribution is -2.38. The van der Waals surface area contributed by atoms with E-state index in [0.29, 0.717) is 41.1 Å². The molecule has 1 N–H and O–H groups in total. The summed E-state index contributed by atoms with van der Waals surface area (Å²) in [6.45, 7) is 3.65. The predicted molar refractivity (Wildman–Crippen MR) is 123 cm³/mol. The molecule has 1 aromatic heterocycles. The number of fused-ring (bicyclic) bond motifs is 1. The summed E-state index contributed by atoms with van der Waals surface area (Å²) in [6, 6.07) is 15.2. The number of benzene rings is 2. The third-order valence-electron chi connectivity index (χ3n) is 6.08. The molecule has 0 amide bonds. The summed E-state index contributed by atoms with van der Waals surface area (Å²) in [7, 11) is -4.05. The van der Waals surface area contributed by atoms with Gasteiger partial charge in [0.1, 0.15) is 11.8 Å². The second-order valence-corrected chi connectivity index (χ2v) is 10.1. The zero-order valence-corrected chi connectivity index (χ0v) is 18.8. The van der Waals surface area contributed by atoms with E-state index in [1.54, 1.807) is 37.3 Å². The number of hydrogen-bond acceptors (Lipinski definition) is 5. The van der Waals surface area contributed by atoms with E-state index in [2.05, 4.69) is 5.32 Å². The van der Waals surface area contributed by atoms with E-state index in [1.807, 2.05) is 31.2 Å². The molecular formula is C25H24N2O4S. The number of allylic oxidation sites excluding steroid dienone is 1. The Labute approximate surface area is 187 Å². The molecule has 1 unspecified atom stereocenters. The van der Waals surface area contributed by atoms with Gasteiger partial charge in [-0.05, 0) is 68.1 Å². The number of carbonyl (C=O) groups is 1. The van der Waals surface area contributed by atoms with Gasteiger partial charge in [0.2, 0.25) is 0 Å². The van der Waals surface area contributed by atoms with Crippen molar-refractivity contribution in [2.45, 2.75) is 44.0 Å². The number of carbonyl (C=O) groups excluding carboxylic acids is 1. The molecule has 3 aromatic rings. The van der Waals surface area contributed by atoms with Gasteiger partial charge < -0.3 is 9.73 Å². The standard InChI is InChI=1S/C25H24N2O4S/c1-16-12-13-17(2)23(15-16)32(29,30)27-20-9-4-3-7-18(20)26-19-8-5-10-21(28)24(19)25(27)22-11-6-14-31-22/h3-4,6-7,9,11-15,25-26H,5,8,10H2,1-2H3. The maximum atomic E-state index is 14.3. The van der Waals surface area contributed by atoms with E-state index in [4.69, 9.17) is 4.42 Å². The monoisotopic (exact) mass is 448 g/mol. The van der Waals surface area contributed by atoms with E-state index in [1.165, 1.54) is 10.6 Å². The minimum absolute atomic E-state index is 0.0610. The predicted octanol–water partition coefficient (Wildman–Crippen LogP) is 5.27. The Morgan fingerprint density at radius 1 is 1.03 bits per heavy atom. The normalized spacial score (nSPS) is 18.6. The molecule has 32 heavy (non-hydrogen) atoms. The van der Waals surface area contributed by atoms with Crippen molar-refractivity contribution in [2.24, 2.45) is 0 Å². The fourth-order valence-corrected chi connectivity index (χ4v) is 6.49. The number of anilines is 2. The van der Waals surface area contributed by atoms with Gasteiger partial charge in [0.15, 0.2) is 5.78 Å². The molecule has 2 heterocycles. The minimum Gasteiger partial charge on any atom is -0.467 e. The number of nitrogens with one attached hydrogen (secondary N) is 1. The molecule has 2 aliphatic rings. The zero-order chi connectivity index (χ0) is 22.5. The molecule has 0 saturated heterocycles. The highest BCUT2D eigenvalue weighted by Gasteiger charge is 2.44. The van der Waals surface area contributed by atoms with Gasteiger partial charge in [-0.15, -0.1) is 0 Å². The fourth-order valence-electron chi connectivity index (χ4n) is 4.57. The number of furan rings is 1. The molecule has 0 fully saturated rings. The Hall–Kier alpha value is -3.32. The summed E-state index contributed by atoms with van der Waals surface area (Å²) in [6.07, 6.45) is 3.28. The van der Waals surface area contributed by atoms with Gasteiger partial charge in [-0.25, -0.2) is 12.7 Å². The molecule has 0 saturated carbocycles. The molecule has 5 rings (SSSR count). The van der Waals surface area contributed by atoms with Crippen LogP contribution in [-0.4, -0.2) is 14.2 Å². The lowest BCUT2D eigenvalue weighted by molar-refractivity contribution is -0.116. The number of aryl methyl sites for hydroxylation is 2. The highest BCUT2D eigenvalue weighted by Crippen LogP contribution is 2.47. The second-order valence-electron chi connectivity index (χ2n) is 8.30. The molecule has 7 heteroatoms. The number of ketones is 1. The van der Waals surface area contributed by atoms with Crippen LogP contribution < -0.4 is 9.62 Å². The van der Waals surface area contributed by atoms with Crippen LogP contribution in [0.4, 0.5) is 11.4 Å². The van der Waals surface area contributed by atoms with Crippen LogP contribution in [-0.2, 0) is 14.8 Å². The van der Waals surface area contributed by atoms with Gasteiger partial charge in [-0.2, -0.15) is 0 Å². The van der Waals surface area contributed by atoms with E-state index >= 15 is 0 Å². The van der Waals surface area contributed by atoms with Gasteiger partial charge in [-0.3, -0.25) is 4.79 Å². The Bertz CT molecular complexity index is 1340. The van der Waals surface area contributed by atoms with Crippen LogP contribution in [0.3, 0.4) is 0 Å². The summed E-state index contributed by atoms with van der Waals surface area (Å²) in [5.41, 5.74) is 3.84. The Balaban J connectivity index is 1.85. The highest BCUT2D eigenvalue weighted by molar-refractivity contribution is 7.93. The van der Waals surface area contributed by atoms with Crippen molar-refractivity contribution in [3.05, 3.63) is 89.0 Å². The topological polar surface area (TPSA) is 79.6 Å². The van der Waals surface area contributed by atoms with Gasteiger partial charge in [0.25, 0.3) is 10.0 Å². The van der Waals surface area contributed by atoms with Crippen molar-refractivity contribution in [1.29, 1.82) is 0 Å². The van der Waals surface area contributed by atoms with Gasteiger partial charge >= 0.3 is 0 Å². The molecule has 0 bridgehead atoms. The highest BCUT2D eigenvalue weighted by atomic mass is 32.2. The molecule has 164 valence electrons. The van der Waals surface area contributed by atoms with Crippen LogP contribution in [0.15, 0.2) is 81.4 Å². The van der Waals surface area contributed by atoms with E-state index in [0.717, 1.165) is 17.7 Å². The van der Waals surface area contributed by atoms with Gasteiger partial charge in [0.05, 0.1) is 22.5 Å². The van der Waals surface area contributed by atoms with E-state index < -0.39 is 16.1 Å². The third kappa shape index (κ3) is 3.24. The van der Waals surface area contributed by atoms with Crippen molar-refractivity contribution in [2.75, 3.05) is 9.62 Å². The van der Waals surface area contributed by atoms with E-state index in [9.17, 15) is 13.2 Å². The molecular weight excluding hydrogens is 424 g/mol. The van der Waals surface area contributed by atoms with Crippen LogP contribution in [0.5, 0.6) is 0 Å². The maximum Gasteiger partial charge on any atom is 0.265 e. The maximum absolute atomic E-state index is 14.3. The molecule has 1 atom stereocenters. The smallest absolute Gasteiger partial charge is 0.265 e. The Morgan fingerprint density at radius 3 is 2.62 bits per heavy atom. The molecule has 0 spiro atoms. The summed E-state index contributed by atoms with van der Waals surface area (Å²) in [4.78, 5) is 13.4. The SMILES string of the molecule is Cc1ccc(C)c(S(=O)(=O)N2c3ccccc3NC3=C(C(=O)CCC3)C2c2ccco2)c1. The third-order valence-corrected chi connectivity index (χ3v) is 8.01. The average molecular weight is 449 g/mol. The summed E-state index contributed by atoms with van der Waals surface area (Å²) >= 11 is 0. The van der Waals surface area contributed by atoms with Crippen molar-refractivity contribution in [1.82, 2.24) is 0 Å². The van der Waals surface area contributed by atoms with Crippen LogP contribution in [0.2, 0.25) is 0 Å². The first-order valence-electron chi connectivity index (χ1n) is 10.7. The number of sulfonamides is 1. The first-order chi connectivity index (χ1) is 15.4. The number of nitrogens with zero attached hydrogens (tertiary/aromatic N) is 1. The summed E-state index contributed by atoms with van der Waals surface area (Å²) < 4.78 is 35.7. The molecule has 2 aromatic carbocycles. The van der Waals surface area contributed by atoms with Crippen LogP contribution in [0.1, 0.15) is 42.2 Å². The molecule has 1 aliphatic heterocycles. The van der Waals surface area contributed by atoms with Crippen molar-refractivity contribution < 1.29 is 17.6 Å². The first kappa shape index (κ1) is 20.6. The van der Waals surface area contributed by atoms with Crippen LogP contribution >= 0.6 is 0 Å². The van der Waals surface area contributed by atoms with Crippen molar-refractivity contribution in [3.8, 4) is 0 Å².